The average molecular weight is 397 g/mol. The molecule has 3 rings (SSSR count). The zero-order chi connectivity index (χ0) is 21.4. The molecule has 2 aromatic rings. The van der Waals surface area contributed by atoms with E-state index in [1.807, 2.05) is 48.5 Å². The molecule has 0 radical (unpaired) electrons. The number of rotatable bonds is 6. The summed E-state index contributed by atoms with van der Waals surface area (Å²) >= 11 is 0. The third-order valence-electron chi connectivity index (χ3n) is 5.05. The van der Waals surface area contributed by atoms with Crippen molar-refractivity contribution in [1.82, 2.24) is 0 Å². The highest BCUT2D eigenvalue weighted by Gasteiger charge is 2.46. The first-order chi connectivity index (χ1) is 13.5. The lowest BCUT2D eigenvalue weighted by molar-refractivity contribution is -0.180. The van der Waals surface area contributed by atoms with Gasteiger partial charge >= 0.3 is 11.9 Å². The summed E-state index contributed by atoms with van der Waals surface area (Å²) in [4.78, 5) is 24.5. The minimum absolute atomic E-state index is 0.0760. The molecule has 29 heavy (non-hydrogen) atoms. The Hall–Kier alpha value is -2.70. The Morgan fingerprint density at radius 3 is 1.93 bits per heavy atom. The van der Waals surface area contributed by atoms with Gasteiger partial charge in [-0.3, -0.25) is 4.79 Å². The van der Waals surface area contributed by atoms with Gasteiger partial charge in [0.25, 0.3) is 0 Å². The molecular weight excluding hydrogens is 370 g/mol. The molecule has 0 heterocycles. The largest absolute Gasteiger partial charge is 0.480 e. The van der Waals surface area contributed by atoms with Crippen molar-refractivity contribution in [3.63, 3.8) is 0 Å². The monoisotopic (exact) mass is 397 g/mol. The van der Waals surface area contributed by atoms with Crippen LogP contribution in [0.25, 0.3) is 11.1 Å². The SMILES string of the molecule is CC(C)(C)OC(C(=O)OCC1c2ccccc2-c2ccccc21)[C@](C)(N)C(=O)O. The number of ether oxygens (including phenoxy) is 2. The van der Waals surface area contributed by atoms with Crippen molar-refractivity contribution < 1.29 is 24.2 Å². The molecule has 1 unspecified atom stereocenters. The number of fused-ring (bicyclic) bond motifs is 3. The van der Waals surface area contributed by atoms with Crippen LogP contribution in [0.3, 0.4) is 0 Å². The maximum atomic E-state index is 12.9. The molecule has 6 heteroatoms. The van der Waals surface area contributed by atoms with Crippen LogP contribution in [-0.4, -0.2) is 40.9 Å². The molecule has 6 nitrogen and oxygen atoms in total. The van der Waals surface area contributed by atoms with E-state index >= 15 is 0 Å². The van der Waals surface area contributed by atoms with E-state index in [2.05, 4.69) is 0 Å². The van der Waals surface area contributed by atoms with Gasteiger partial charge < -0.3 is 20.3 Å². The zero-order valence-electron chi connectivity index (χ0n) is 17.1. The third-order valence-corrected chi connectivity index (χ3v) is 5.05. The van der Waals surface area contributed by atoms with E-state index in [-0.39, 0.29) is 12.5 Å². The first-order valence-electron chi connectivity index (χ1n) is 9.57. The van der Waals surface area contributed by atoms with Crippen LogP contribution in [0, 0.1) is 0 Å². The van der Waals surface area contributed by atoms with Crippen molar-refractivity contribution >= 4 is 11.9 Å². The number of carbonyl (C=O) groups is 2. The van der Waals surface area contributed by atoms with E-state index in [0.29, 0.717) is 0 Å². The number of carboxylic acids is 1. The molecule has 0 aromatic heterocycles. The molecule has 154 valence electrons. The number of aliphatic carboxylic acids is 1. The summed E-state index contributed by atoms with van der Waals surface area (Å²) in [5.74, 6) is -2.25. The van der Waals surface area contributed by atoms with Gasteiger partial charge in [-0.1, -0.05) is 48.5 Å². The first-order valence-corrected chi connectivity index (χ1v) is 9.57. The zero-order valence-corrected chi connectivity index (χ0v) is 17.1. The normalized spacial score (nSPS) is 16.4. The molecule has 1 aliphatic carbocycles. The number of hydrogen-bond acceptors (Lipinski definition) is 5. The third kappa shape index (κ3) is 4.18. The summed E-state index contributed by atoms with van der Waals surface area (Å²) in [7, 11) is 0. The minimum Gasteiger partial charge on any atom is -0.480 e. The topological polar surface area (TPSA) is 98.9 Å². The molecule has 2 aromatic carbocycles. The lowest BCUT2D eigenvalue weighted by Gasteiger charge is -2.34. The second kappa shape index (κ2) is 7.61. The summed E-state index contributed by atoms with van der Waals surface area (Å²) in [6, 6.07) is 16.0. The summed E-state index contributed by atoms with van der Waals surface area (Å²) in [5.41, 5.74) is 7.60. The Bertz CT molecular complexity index is 883. The molecule has 3 N–H and O–H groups in total. The minimum atomic E-state index is -1.92. The molecular formula is C23H27NO5. The van der Waals surface area contributed by atoms with Crippen LogP contribution in [0.15, 0.2) is 48.5 Å². The fraction of sp³-hybridized carbons (Fsp3) is 0.391. The van der Waals surface area contributed by atoms with Gasteiger partial charge in [-0.25, -0.2) is 4.79 Å². The second-order valence-electron chi connectivity index (χ2n) is 8.56. The van der Waals surface area contributed by atoms with Gasteiger partial charge in [0.05, 0.1) is 5.60 Å². The van der Waals surface area contributed by atoms with Crippen molar-refractivity contribution in [1.29, 1.82) is 0 Å². The second-order valence-corrected chi connectivity index (χ2v) is 8.56. The van der Waals surface area contributed by atoms with Crippen molar-refractivity contribution in [3.05, 3.63) is 59.7 Å². The summed E-state index contributed by atoms with van der Waals surface area (Å²) in [6.45, 7) is 6.53. The van der Waals surface area contributed by atoms with Crippen molar-refractivity contribution in [2.24, 2.45) is 5.73 Å². The molecule has 0 fully saturated rings. The van der Waals surface area contributed by atoms with E-state index in [4.69, 9.17) is 15.2 Å². The number of nitrogens with two attached hydrogens (primary N) is 1. The van der Waals surface area contributed by atoms with Crippen molar-refractivity contribution in [3.8, 4) is 11.1 Å². The van der Waals surface area contributed by atoms with E-state index in [0.717, 1.165) is 22.3 Å². The number of benzene rings is 2. The Kier molecular flexibility index (Phi) is 5.52. The van der Waals surface area contributed by atoms with Gasteiger partial charge in [0.15, 0.2) is 6.10 Å². The highest BCUT2D eigenvalue weighted by Crippen LogP contribution is 2.44. The van der Waals surface area contributed by atoms with E-state index < -0.39 is 29.2 Å². The predicted molar refractivity (Wildman–Crippen MR) is 110 cm³/mol. The lowest BCUT2D eigenvalue weighted by atomic mass is 9.94. The first kappa shape index (κ1) is 21.0. The van der Waals surface area contributed by atoms with Gasteiger partial charge in [-0.05, 0) is 49.9 Å². The molecule has 0 spiro atoms. The Balaban J connectivity index is 1.84. The fourth-order valence-electron chi connectivity index (χ4n) is 3.56. The number of carbonyl (C=O) groups excluding carboxylic acids is 1. The molecule has 0 amide bonds. The molecule has 1 aliphatic rings. The van der Waals surface area contributed by atoms with Gasteiger partial charge in [0.1, 0.15) is 12.1 Å². The van der Waals surface area contributed by atoms with Crippen molar-refractivity contribution in [2.45, 2.75) is 50.9 Å². The number of carboxylic acid groups (broad SMARTS) is 1. The van der Waals surface area contributed by atoms with E-state index in [1.54, 1.807) is 20.8 Å². The highest BCUT2D eigenvalue weighted by atomic mass is 16.6. The number of esters is 1. The van der Waals surface area contributed by atoms with Crippen LogP contribution < -0.4 is 5.73 Å². The van der Waals surface area contributed by atoms with Crippen LogP contribution in [0.2, 0.25) is 0 Å². The molecule has 0 saturated carbocycles. The average Bonchev–Trinajstić information content (AvgIpc) is 2.97. The Morgan fingerprint density at radius 2 is 1.48 bits per heavy atom. The van der Waals surface area contributed by atoms with E-state index in [1.165, 1.54) is 6.92 Å². The van der Waals surface area contributed by atoms with Crippen LogP contribution >= 0.6 is 0 Å². The van der Waals surface area contributed by atoms with Gasteiger partial charge in [-0.15, -0.1) is 0 Å². The molecule has 2 atom stereocenters. The quantitative estimate of drug-likeness (QED) is 0.726. The molecule has 0 bridgehead atoms. The fourth-order valence-corrected chi connectivity index (χ4v) is 3.56. The Morgan fingerprint density at radius 1 is 1.00 bits per heavy atom. The van der Waals surface area contributed by atoms with Crippen molar-refractivity contribution in [2.75, 3.05) is 6.61 Å². The van der Waals surface area contributed by atoms with Gasteiger partial charge in [-0.2, -0.15) is 0 Å². The Labute approximate surface area is 170 Å². The van der Waals surface area contributed by atoms with Gasteiger partial charge in [0, 0.05) is 5.92 Å². The molecule has 0 aliphatic heterocycles. The van der Waals surface area contributed by atoms with Crippen LogP contribution in [-0.2, 0) is 19.1 Å². The standard InChI is InChI=1S/C23H27NO5/c1-22(2,3)29-19(23(4,24)21(26)27)20(25)28-13-18-16-11-7-5-9-14(16)15-10-6-8-12-17(15)18/h5-12,18-19H,13,24H2,1-4H3,(H,26,27)/t19?,23-/m0/s1. The van der Waals surface area contributed by atoms with E-state index in [9.17, 15) is 14.7 Å². The number of hydrogen-bond donors (Lipinski definition) is 2. The van der Waals surface area contributed by atoms with Crippen LogP contribution in [0.4, 0.5) is 0 Å². The smallest absolute Gasteiger partial charge is 0.337 e. The lowest BCUT2D eigenvalue weighted by Crippen LogP contribution is -2.61. The summed E-state index contributed by atoms with van der Waals surface area (Å²) < 4.78 is 11.3. The highest BCUT2D eigenvalue weighted by molar-refractivity contribution is 5.89. The predicted octanol–water partition coefficient (Wildman–Crippen LogP) is 3.33. The maximum absolute atomic E-state index is 12.9. The molecule has 0 saturated heterocycles. The van der Waals surface area contributed by atoms with Gasteiger partial charge in [0.2, 0.25) is 0 Å². The summed E-state index contributed by atoms with van der Waals surface area (Å²) in [5, 5.41) is 9.48. The van der Waals surface area contributed by atoms with Crippen LogP contribution in [0.5, 0.6) is 0 Å². The maximum Gasteiger partial charge on any atom is 0.337 e. The summed E-state index contributed by atoms with van der Waals surface area (Å²) in [6.07, 6.45) is -1.44. The van der Waals surface area contributed by atoms with Crippen LogP contribution in [0.1, 0.15) is 44.7 Å².